The van der Waals surface area contributed by atoms with Crippen molar-refractivity contribution < 1.29 is 4.79 Å². The van der Waals surface area contributed by atoms with Crippen LogP contribution in [0.15, 0.2) is 12.1 Å². The lowest BCUT2D eigenvalue weighted by Gasteiger charge is -2.21. The van der Waals surface area contributed by atoms with Gasteiger partial charge in [-0.3, -0.25) is 4.79 Å². The van der Waals surface area contributed by atoms with Crippen LogP contribution in [0.2, 0.25) is 0 Å². The van der Waals surface area contributed by atoms with Gasteiger partial charge in [-0.1, -0.05) is 19.9 Å². The van der Waals surface area contributed by atoms with Crippen molar-refractivity contribution in [2.24, 2.45) is 5.73 Å². The number of aromatic nitrogens is 1. The largest absolute Gasteiger partial charge is 0.320 e. The molecule has 0 aromatic carbocycles. The summed E-state index contributed by atoms with van der Waals surface area (Å²) in [5, 5.41) is 2.73. The second kappa shape index (κ2) is 3.62. The molecule has 0 fully saturated rings. The molecule has 1 aromatic rings. The third-order valence-electron chi connectivity index (χ3n) is 2.61. The van der Waals surface area contributed by atoms with Gasteiger partial charge in [0.25, 0.3) is 0 Å². The number of carbonyl (C=O) groups is 1. The highest BCUT2D eigenvalue weighted by Gasteiger charge is 2.23. The molecule has 2 heterocycles. The van der Waals surface area contributed by atoms with Crippen molar-refractivity contribution in [1.29, 1.82) is 0 Å². The number of anilines is 1. The zero-order valence-electron chi connectivity index (χ0n) is 8.95. The molecule has 15 heavy (non-hydrogen) atoms. The molecule has 80 valence electrons. The van der Waals surface area contributed by atoms with Crippen LogP contribution in [0, 0.1) is 0 Å². The van der Waals surface area contributed by atoms with Crippen molar-refractivity contribution in [3.63, 3.8) is 0 Å². The molecule has 4 heteroatoms. The molecule has 3 N–H and O–H groups in total. The molecule has 1 aliphatic heterocycles. The summed E-state index contributed by atoms with van der Waals surface area (Å²) < 4.78 is 0. The van der Waals surface area contributed by atoms with Crippen LogP contribution in [0.1, 0.15) is 31.0 Å². The summed E-state index contributed by atoms with van der Waals surface area (Å²) >= 11 is 0. The maximum absolute atomic E-state index is 11.4. The molecular formula is C11H15N3O. The molecule has 1 aromatic heterocycles. The highest BCUT2D eigenvalue weighted by atomic mass is 16.2. The van der Waals surface area contributed by atoms with E-state index >= 15 is 0 Å². The Morgan fingerprint density at radius 2 is 2.27 bits per heavy atom. The van der Waals surface area contributed by atoms with Crippen LogP contribution in [-0.2, 0) is 11.2 Å². The SMILES string of the molecule is CC(C)c1ccc2c(n1)NC(=O)C(N)C2. The van der Waals surface area contributed by atoms with E-state index < -0.39 is 6.04 Å². The van der Waals surface area contributed by atoms with Crippen molar-refractivity contribution in [3.05, 3.63) is 23.4 Å². The number of hydrogen-bond acceptors (Lipinski definition) is 3. The fourth-order valence-electron chi connectivity index (χ4n) is 1.64. The lowest BCUT2D eigenvalue weighted by molar-refractivity contribution is -0.117. The van der Waals surface area contributed by atoms with Crippen LogP contribution >= 0.6 is 0 Å². The van der Waals surface area contributed by atoms with Crippen molar-refractivity contribution >= 4 is 11.7 Å². The maximum Gasteiger partial charge on any atom is 0.242 e. The van der Waals surface area contributed by atoms with Gasteiger partial charge in [-0.2, -0.15) is 0 Å². The number of carbonyl (C=O) groups excluding carboxylic acids is 1. The molecule has 2 rings (SSSR count). The summed E-state index contributed by atoms with van der Waals surface area (Å²) in [6.45, 7) is 4.15. The van der Waals surface area contributed by atoms with E-state index in [9.17, 15) is 4.79 Å². The van der Waals surface area contributed by atoms with Gasteiger partial charge in [0.05, 0.1) is 6.04 Å². The van der Waals surface area contributed by atoms with E-state index in [2.05, 4.69) is 24.1 Å². The van der Waals surface area contributed by atoms with Crippen molar-refractivity contribution in [2.45, 2.75) is 32.2 Å². The molecule has 0 aliphatic carbocycles. The Morgan fingerprint density at radius 3 is 2.93 bits per heavy atom. The molecule has 1 unspecified atom stereocenters. The van der Waals surface area contributed by atoms with E-state index in [0.29, 0.717) is 18.2 Å². The standard InChI is InChI=1S/C11H15N3O/c1-6(2)9-4-3-7-5-8(12)11(15)14-10(7)13-9/h3-4,6,8H,5,12H2,1-2H3,(H,13,14,15). The molecule has 0 saturated carbocycles. The van der Waals surface area contributed by atoms with Gasteiger partial charge >= 0.3 is 0 Å². The average Bonchev–Trinajstić information content (AvgIpc) is 2.19. The van der Waals surface area contributed by atoms with Crippen LogP contribution < -0.4 is 11.1 Å². The van der Waals surface area contributed by atoms with Crippen LogP contribution in [0.5, 0.6) is 0 Å². The van der Waals surface area contributed by atoms with E-state index in [1.807, 2.05) is 12.1 Å². The number of nitrogens with one attached hydrogen (secondary N) is 1. The topological polar surface area (TPSA) is 68.0 Å². The first-order chi connectivity index (χ1) is 7.08. The third-order valence-corrected chi connectivity index (χ3v) is 2.61. The number of hydrogen-bond donors (Lipinski definition) is 2. The Bertz CT molecular complexity index is 401. The van der Waals surface area contributed by atoms with Crippen LogP contribution in [0.3, 0.4) is 0 Å². The maximum atomic E-state index is 11.4. The molecule has 1 aliphatic rings. The van der Waals surface area contributed by atoms with E-state index in [1.54, 1.807) is 0 Å². The highest BCUT2D eigenvalue weighted by molar-refractivity contribution is 5.96. The van der Waals surface area contributed by atoms with Crippen molar-refractivity contribution in [1.82, 2.24) is 4.98 Å². The van der Waals surface area contributed by atoms with E-state index in [0.717, 1.165) is 11.3 Å². The quantitative estimate of drug-likeness (QED) is 0.719. The lowest BCUT2D eigenvalue weighted by atomic mass is 10.0. The summed E-state index contributed by atoms with van der Waals surface area (Å²) in [5.74, 6) is 0.895. The summed E-state index contributed by atoms with van der Waals surface area (Å²) in [4.78, 5) is 15.8. The Hall–Kier alpha value is -1.42. The smallest absolute Gasteiger partial charge is 0.242 e. The first-order valence-corrected chi connectivity index (χ1v) is 5.14. The van der Waals surface area contributed by atoms with Crippen LogP contribution in [-0.4, -0.2) is 16.9 Å². The van der Waals surface area contributed by atoms with Gasteiger partial charge in [0, 0.05) is 12.1 Å². The lowest BCUT2D eigenvalue weighted by Crippen LogP contribution is -2.41. The van der Waals surface area contributed by atoms with Gasteiger partial charge in [0.2, 0.25) is 5.91 Å². The molecular weight excluding hydrogens is 190 g/mol. The summed E-state index contributed by atoms with van der Waals surface area (Å²) in [7, 11) is 0. The van der Waals surface area contributed by atoms with Gasteiger partial charge in [0.15, 0.2) is 0 Å². The fraction of sp³-hybridized carbons (Fsp3) is 0.455. The number of fused-ring (bicyclic) bond motifs is 1. The number of amides is 1. The first kappa shape index (κ1) is 10.1. The molecule has 0 bridgehead atoms. The Kier molecular flexibility index (Phi) is 2.44. The second-order valence-corrected chi connectivity index (χ2v) is 4.20. The van der Waals surface area contributed by atoms with Crippen molar-refractivity contribution in [2.75, 3.05) is 5.32 Å². The Balaban J connectivity index is 2.37. The second-order valence-electron chi connectivity index (χ2n) is 4.20. The number of rotatable bonds is 1. The molecule has 0 radical (unpaired) electrons. The number of nitrogens with zero attached hydrogens (tertiary/aromatic N) is 1. The van der Waals surface area contributed by atoms with E-state index in [-0.39, 0.29) is 5.91 Å². The zero-order valence-corrected chi connectivity index (χ0v) is 8.95. The Morgan fingerprint density at radius 1 is 1.53 bits per heavy atom. The number of pyridine rings is 1. The van der Waals surface area contributed by atoms with Gasteiger partial charge in [0.1, 0.15) is 5.82 Å². The minimum atomic E-state index is -0.441. The van der Waals surface area contributed by atoms with E-state index in [4.69, 9.17) is 5.73 Å². The normalized spacial score (nSPS) is 20.0. The Labute approximate surface area is 88.9 Å². The molecule has 0 spiro atoms. The van der Waals surface area contributed by atoms with Gasteiger partial charge < -0.3 is 11.1 Å². The molecule has 1 atom stereocenters. The highest BCUT2D eigenvalue weighted by Crippen LogP contribution is 2.22. The summed E-state index contributed by atoms with van der Waals surface area (Å²) in [6.07, 6.45) is 0.576. The van der Waals surface area contributed by atoms with Crippen LogP contribution in [0.4, 0.5) is 5.82 Å². The summed E-state index contributed by atoms with van der Waals surface area (Å²) in [6, 6.07) is 3.55. The predicted octanol–water partition coefficient (Wildman–Crippen LogP) is 1.03. The molecule has 0 saturated heterocycles. The van der Waals surface area contributed by atoms with Crippen LogP contribution in [0.25, 0.3) is 0 Å². The average molecular weight is 205 g/mol. The summed E-state index contributed by atoms with van der Waals surface area (Å²) in [5.41, 5.74) is 7.66. The minimum Gasteiger partial charge on any atom is -0.320 e. The number of nitrogens with two attached hydrogens (primary N) is 1. The zero-order chi connectivity index (χ0) is 11.0. The molecule has 1 amide bonds. The first-order valence-electron chi connectivity index (χ1n) is 5.14. The van der Waals surface area contributed by atoms with Gasteiger partial charge in [-0.05, 0) is 17.5 Å². The van der Waals surface area contributed by atoms with Gasteiger partial charge in [-0.15, -0.1) is 0 Å². The monoisotopic (exact) mass is 205 g/mol. The molecule has 4 nitrogen and oxygen atoms in total. The van der Waals surface area contributed by atoms with Gasteiger partial charge in [-0.25, -0.2) is 4.98 Å². The third kappa shape index (κ3) is 1.85. The van der Waals surface area contributed by atoms with Crippen molar-refractivity contribution in [3.8, 4) is 0 Å². The van der Waals surface area contributed by atoms with E-state index in [1.165, 1.54) is 0 Å². The minimum absolute atomic E-state index is 0.143. The fourth-order valence-corrected chi connectivity index (χ4v) is 1.64. The predicted molar refractivity (Wildman–Crippen MR) is 58.6 cm³/mol.